The fourth-order valence-corrected chi connectivity index (χ4v) is 2.93. The van der Waals surface area contributed by atoms with E-state index in [1.165, 1.54) is 43.5 Å². The summed E-state index contributed by atoms with van der Waals surface area (Å²) >= 11 is 0. The molecule has 0 saturated heterocycles. The summed E-state index contributed by atoms with van der Waals surface area (Å²) in [5.41, 5.74) is 0.0404. The molecule has 0 amide bonds. The summed E-state index contributed by atoms with van der Waals surface area (Å²) in [6.45, 7) is 0. The molecule has 0 aliphatic heterocycles. The van der Waals surface area contributed by atoms with E-state index in [2.05, 4.69) is 0 Å². The normalized spacial score (nSPS) is 11.1. The largest absolute Gasteiger partial charge is 0.497 e. The number of carbonyl (C=O) groups is 1. The lowest BCUT2D eigenvalue weighted by molar-refractivity contribution is 0.0696. The minimum atomic E-state index is -3.65. The van der Waals surface area contributed by atoms with Gasteiger partial charge in [0, 0.05) is 0 Å². The molecule has 1 N–H and O–H groups in total. The lowest BCUT2D eigenvalue weighted by atomic mass is 10.2. The van der Waals surface area contributed by atoms with Gasteiger partial charge in [-0.05, 0) is 48.5 Å². The molecule has 2 aromatic rings. The van der Waals surface area contributed by atoms with Gasteiger partial charge in [0.25, 0.3) is 0 Å². The zero-order valence-electron chi connectivity index (χ0n) is 10.6. The van der Waals surface area contributed by atoms with Crippen molar-refractivity contribution in [3.8, 4) is 5.75 Å². The van der Waals surface area contributed by atoms with Gasteiger partial charge in [0.1, 0.15) is 5.75 Å². The highest BCUT2D eigenvalue weighted by Crippen LogP contribution is 2.23. The van der Waals surface area contributed by atoms with Crippen molar-refractivity contribution in [2.24, 2.45) is 0 Å². The fourth-order valence-electron chi connectivity index (χ4n) is 1.67. The average Bonchev–Trinajstić information content (AvgIpc) is 2.47. The molecule has 2 aromatic carbocycles. The Balaban J connectivity index is 2.40. The Morgan fingerprint density at radius 2 is 1.40 bits per heavy atom. The molecule has 0 fully saturated rings. The van der Waals surface area contributed by atoms with Gasteiger partial charge in [-0.25, -0.2) is 13.2 Å². The van der Waals surface area contributed by atoms with Crippen molar-refractivity contribution in [2.75, 3.05) is 7.11 Å². The molecule has 0 spiro atoms. The van der Waals surface area contributed by atoms with Crippen molar-refractivity contribution in [3.05, 3.63) is 54.1 Å². The Labute approximate surface area is 116 Å². The molecular formula is C14H12O5S. The lowest BCUT2D eigenvalue weighted by Gasteiger charge is -2.06. The van der Waals surface area contributed by atoms with E-state index >= 15 is 0 Å². The molecule has 0 radical (unpaired) electrons. The predicted molar refractivity (Wildman–Crippen MR) is 71.8 cm³/mol. The number of ether oxygens (including phenoxy) is 1. The van der Waals surface area contributed by atoms with Gasteiger partial charge in [0.15, 0.2) is 0 Å². The number of rotatable bonds is 4. The van der Waals surface area contributed by atoms with Crippen LogP contribution in [-0.2, 0) is 9.84 Å². The number of benzene rings is 2. The summed E-state index contributed by atoms with van der Waals surface area (Å²) in [7, 11) is -2.16. The topological polar surface area (TPSA) is 80.7 Å². The molecule has 0 aromatic heterocycles. The first-order valence-corrected chi connectivity index (χ1v) is 7.16. The van der Waals surface area contributed by atoms with Gasteiger partial charge in [-0.1, -0.05) is 0 Å². The van der Waals surface area contributed by atoms with E-state index in [1.807, 2.05) is 0 Å². The van der Waals surface area contributed by atoms with Crippen LogP contribution in [0.3, 0.4) is 0 Å². The number of hydrogen-bond donors (Lipinski definition) is 1. The number of sulfone groups is 1. The van der Waals surface area contributed by atoms with Crippen LogP contribution in [0.4, 0.5) is 0 Å². The molecule has 0 saturated carbocycles. The van der Waals surface area contributed by atoms with E-state index in [-0.39, 0.29) is 15.4 Å². The zero-order valence-corrected chi connectivity index (χ0v) is 11.4. The molecule has 0 unspecified atom stereocenters. The van der Waals surface area contributed by atoms with Crippen molar-refractivity contribution < 1.29 is 23.1 Å². The van der Waals surface area contributed by atoms with Crippen molar-refractivity contribution in [1.29, 1.82) is 0 Å². The van der Waals surface area contributed by atoms with Crippen LogP contribution in [0.5, 0.6) is 5.75 Å². The Kier molecular flexibility index (Phi) is 3.76. The SMILES string of the molecule is COc1ccc(S(=O)(=O)c2ccc(C(=O)O)cc2)cc1. The molecular weight excluding hydrogens is 280 g/mol. The minimum Gasteiger partial charge on any atom is -0.497 e. The molecule has 104 valence electrons. The molecule has 2 rings (SSSR count). The highest BCUT2D eigenvalue weighted by atomic mass is 32.2. The Hall–Kier alpha value is -2.34. The summed E-state index contributed by atoms with van der Waals surface area (Å²) in [5, 5.41) is 8.79. The minimum absolute atomic E-state index is 0.0404. The molecule has 0 atom stereocenters. The lowest BCUT2D eigenvalue weighted by Crippen LogP contribution is -2.03. The van der Waals surface area contributed by atoms with E-state index in [0.717, 1.165) is 0 Å². The first-order valence-electron chi connectivity index (χ1n) is 5.67. The molecule has 0 aliphatic rings. The van der Waals surface area contributed by atoms with Crippen LogP contribution >= 0.6 is 0 Å². The number of hydrogen-bond acceptors (Lipinski definition) is 4. The molecule has 0 bridgehead atoms. The van der Waals surface area contributed by atoms with E-state index < -0.39 is 15.8 Å². The number of carboxylic acids is 1. The van der Waals surface area contributed by atoms with Crippen molar-refractivity contribution in [3.63, 3.8) is 0 Å². The summed E-state index contributed by atoms with van der Waals surface area (Å²) in [5.74, 6) is -0.538. The number of aromatic carboxylic acids is 1. The monoisotopic (exact) mass is 292 g/mol. The van der Waals surface area contributed by atoms with Gasteiger partial charge in [-0.15, -0.1) is 0 Å². The quantitative estimate of drug-likeness (QED) is 0.934. The average molecular weight is 292 g/mol. The van der Waals surface area contributed by atoms with E-state index in [9.17, 15) is 13.2 Å². The van der Waals surface area contributed by atoms with Gasteiger partial charge < -0.3 is 9.84 Å². The molecule has 6 heteroatoms. The highest BCUT2D eigenvalue weighted by Gasteiger charge is 2.18. The van der Waals surface area contributed by atoms with Crippen LogP contribution in [0.1, 0.15) is 10.4 Å². The second-order valence-electron chi connectivity index (χ2n) is 4.01. The molecule has 0 aliphatic carbocycles. The number of carboxylic acid groups (broad SMARTS) is 1. The third-order valence-electron chi connectivity index (χ3n) is 2.78. The standard InChI is InChI=1S/C14H12O5S/c1-19-11-4-8-13(9-5-11)20(17,18)12-6-2-10(3-7-12)14(15)16/h2-9H,1H3,(H,15,16). The van der Waals surface area contributed by atoms with E-state index in [0.29, 0.717) is 5.75 Å². The van der Waals surface area contributed by atoms with Crippen molar-refractivity contribution in [2.45, 2.75) is 9.79 Å². The summed E-state index contributed by atoms with van der Waals surface area (Å²) in [6, 6.07) is 11.1. The van der Waals surface area contributed by atoms with Crippen LogP contribution in [0, 0.1) is 0 Å². The van der Waals surface area contributed by atoms with E-state index in [4.69, 9.17) is 9.84 Å². The first-order chi connectivity index (χ1) is 9.45. The zero-order chi connectivity index (χ0) is 14.8. The van der Waals surface area contributed by atoms with E-state index in [1.54, 1.807) is 12.1 Å². The maximum absolute atomic E-state index is 12.3. The predicted octanol–water partition coefficient (Wildman–Crippen LogP) is 2.23. The summed E-state index contributed by atoms with van der Waals surface area (Å²) < 4.78 is 29.6. The van der Waals surface area contributed by atoms with Gasteiger partial charge >= 0.3 is 5.97 Å². The molecule has 0 heterocycles. The van der Waals surface area contributed by atoms with Crippen LogP contribution in [0.2, 0.25) is 0 Å². The van der Waals surface area contributed by atoms with Gasteiger partial charge in [-0.2, -0.15) is 0 Å². The van der Waals surface area contributed by atoms with Crippen LogP contribution in [0.15, 0.2) is 58.3 Å². The Morgan fingerprint density at radius 3 is 1.80 bits per heavy atom. The Morgan fingerprint density at radius 1 is 0.950 bits per heavy atom. The van der Waals surface area contributed by atoms with Crippen LogP contribution < -0.4 is 4.74 Å². The smallest absolute Gasteiger partial charge is 0.335 e. The summed E-state index contributed by atoms with van der Waals surface area (Å²) in [6.07, 6.45) is 0. The summed E-state index contributed by atoms with van der Waals surface area (Å²) in [4.78, 5) is 10.9. The maximum Gasteiger partial charge on any atom is 0.335 e. The van der Waals surface area contributed by atoms with Gasteiger partial charge in [0.2, 0.25) is 9.84 Å². The highest BCUT2D eigenvalue weighted by molar-refractivity contribution is 7.91. The van der Waals surface area contributed by atoms with Crippen molar-refractivity contribution in [1.82, 2.24) is 0 Å². The van der Waals surface area contributed by atoms with Crippen LogP contribution in [-0.4, -0.2) is 26.6 Å². The Bertz CT molecular complexity index is 715. The van der Waals surface area contributed by atoms with Crippen LogP contribution in [0.25, 0.3) is 0 Å². The number of methoxy groups -OCH3 is 1. The second-order valence-corrected chi connectivity index (χ2v) is 5.96. The van der Waals surface area contributed by atoms with Gasteiger partial charge in [-0.3, -0.25) is 0 Å². The third kappa shape index (κ3) is 2.65. The van der Waals surface area contributed by atoms with Gasteiger partial charge in [0.05, 0.1) is 22.5 Å². The first kappa shape index (κ1) is 14.1. The maximum atomic E-state index is 12.3. The molecule has 20 heavy (non-hydrogen) atoms. The van der Waals surface area contributed by atoms with Crippen molar-refractivity contribution >= 4 is 15.8 Å². The second kappa shape index (κ2) is 5.34. The molecule has 5 nitrogen and oxygen atoms in total. The third-order valence-corrected chi connectivity index (χ3v) is 4.57. The fraction of sp³-hybridized carbons (Fsp3) is 0.0714.